The minimum absolute atomic E-state index is 0.265. The average molecular weight is 306 g/mol. The Morgan fingerprint density at radius 3 is 2.14 bits per heavy atom. The standard InChI is InChI=1S/C20H34O2/c1-6-7-8-9-10-11-12-22-19-14-17(15(2)3)13-18(21)20(19)16(4)5/h13-16,21H,6-12H2,1-5H3. The molecule has 0 amide bonds. The summed E-state index contributed by atoms with van der Waals surface area (Å²) in [6.07, 6.45) is 7.57. The Morgan fingerprint density at radius 2 is 1.55 bits per heavy atom. The molecule has 2 nitrogen and oxygen atoms in total. The van der Waals surface area contributed by atoms with Gasteiger partial charge in [0.15, 0.2) is 0 Å². The first kappa shape index (κ1) is 18.9. The zero-order valence-corrected chi connectivity index (χ0v) is 15.1. The molecular weight excluding hydrogens is 272 g/mol. The van der Waals surface area contributed by atoms with Gasteiger partial charge in [0, 0.05) is 5.56 Å². The predicted molar refractivity (Wildman–Crippen MR) is 95.2 cm³/mol. The third-order valence-corrected chi connectivity index (χ3v) is 4.14. The normalized spacial score (nSPS) is 11.4. The van der Waals surface area contributed by atoms with Gasteiger partial charge in [0.1, 0.15) is 11.5 Å². The molecule has 0 aliphatic rings. The highest BCUT2D eigenvalue weighted by Gasteiger charge is 2.16. The summed E-state index contributed by atoms with van der Waals surface area (Å²) in [6.45, 7) is 11.5. The maximum atomic E-state index is 10.3. The summed E-state index contributed by atoms with van der Waals surface area (Å²) in [5, 5.41) is 10.3. The fraction of sp³-hybridized carbons (Fsp3) is 0.700. The van der Waals surface area contributed by atoms with E-state index in [1.165, 1.54) is 32.1 Å². The average Bonchev–Trinajstić information content (AvgIpc) is 2.45. The highest BCUT2D eigenvalue weighted by atomic mass is 16.5. The van der Waals surface area contributed by atoms with Gasteiger partial charge < -0.3 is 9.84 Å². The van der Waals surface area contributed by atoms with E-state index in [-0.39, 0.29) is 5.92 Å². The van der Waals surface area contributed by atoms with Crippen LogP contribution in [0.4, 0.5) is 0 Å². The van der Waals surface area contributed by atoms with E-state index in [4.69, 9.17) is 4.74 Å². The number of phenolic OH excluding ortho intramolecular Hbond substituents is 1. The molecule has 0 aliphatic carbocycles. The van der Waals surface area contributed by atoms with Crippen molar-refractivity contribution in [1.82, 2.24) is 0 Å². The SMILES string of the molecule is CCCCCCCCOc1cc(C(C)C)cc(O)c1C(C)C. The Labute approximate surface area is 136 Å². The maximum absolute atomic E-state index is 10.3. The van der Waals surface area contributed by atoms with Crippen LogP contribution in [0, 0.1) is 0 Å². The molecular formula is C20H34O2. The Morgan fingerprint density at radius 1 is 0.909 bits per heavy atom. The molecule has 2 heteroatoms. The topological polar surface area (TPSA) is 29.5 Å². The van der Waals surface area contributed by atoms with Crippen molar-refractivity contribution < 1.29 is 9.84 Å². The molecule has 0 aromatic heterocycles. The number of phenols is 1. The van der Waals surface area contributed by atoms with Gasteiger partial charge in [0.2, 0.25) is 0 Å². The Balaban J connectivity index is 2.63. The molecule has 0 saturated carbocycles. The molecule has 0 fully saturated rings. The molecule has 0 heterocycles. The number of aromatic hydroxyl groups is 1. The molecule has 0 spiro atoms. The third kappa shape index (κ3) is 5.90. The zero-order valence-electron chi connectivity index (χ0n) is 15.1. The van der Waals surface area contributed by atoms with Crippen LogP contribution < -0.4 is 4.74 Å². The van der Waals surface area contributed by atoms with Crippen LogP contribution in [0.1, 0.15) is 96.1 Å². The van der Waals surface area contributed by atoms with E-state index in [2.05, 4.69) is 40.7 Å². The van der Waals surface area contributed by atoms with Crippen LogP contribution in [-0.4, -0.2) is 11.7 Å². The van der Waals surface area contributed by atoms with Crippen LogP contribution in [0.15, 0.2) is 12.1 Å². The highest BCUT2D eigenvalue weighted by molar-refractivity contribution is 5.49. The molecule has 0 atom stereocenters. The summed E-state index contributed by atoms with van der Waals surface area (Å²) in [5.41, 5.74) is 2.08. The van der Waals surface area contributed by atoms with E-state index in [0.29, 0.717) is 11.7 Å². The quantitative estimate of drug-likeness (QED) is 0.508. The van der Waals surface area contributed by atoms with Crippen molar-refractivity contribution in [3.05, 3.63) is 23.3 Å². The van der Waals surface area contributed by atoms with Gasteiger partial charge in [0.25, 0.3) is 0 Å². The highest BCUT2D eigenvalue weighted by Crippen LogP contribution is 2.37. The van der Waals surface area contributed by atoms with Crippen LogP contribution in [0.2, 0.25) is 0 Å². The first-order valence-corrected chi connectivity index (χ1v) is 8.96. The maximum Gasteiger partial charge on any atom is 0.126 e. The Kier molecular flexibility index (Phi) is 8.37. The van der Waals surface area contributed by atoms with Gasteiger partial charge in [-0.25, -0.2) is 0 Å². The third-order valence-electron chi connectivity index (χ3n) is 4.14. The van der Waals surface area contributed by atoms with Gasteiger partial charge in [0.05, 0.1) is 6.61 Å². The molecule has 22 heavy (non-hydrogen) atoms. The van der Waals surface area contributed by atoms with E-state index in [9.17, 15) is 5.11 Å². The number of unbranched alkanes of at least 4 members (excludes halogenated alkanes) is 5. The molecule has 1 rings (SSSR count). The van der Waals surface area contributed by atoms with Gasteiger partial charge >= 0.3 is 0 Å². The lowest BCUT2D eigenvalue weighted by atomic mass is 9.95. The lowest BCUT2D eigenvalue weighted by Gasteiger charge is -2.18. The summed E-state index contributed by atoms with van der Waals surface area (Å²) < 4.78 is 6.02. The van der Waals surface area contributed by atoms with Crippen LogP contribution in [0.3, 0.4) is 0 Å². The van der Waals surface area contributed by atoms with E-state index < -0.39 is 0 Å². The summed E-state index contributed by atoms with van der Waals surface area (Å²) in [4.78, 5) is 0. The molecule has 0 unspecified atom stereocenters. The zero-order chi connectivity index (χ0) is 16.5. The smallest absolute Gasteiger partial charge is 0.126 e. The van der Waals surface area contributed by atoms with E-state index in [0.717, 1.165) is 29.9 Å². The molecule has 1 aromatic rings. The lowest BCUT2D eigenvalue weighted by Crippen LogP contribution is -2.03. The molecule has 0 aliphatic heterocycles. The van der Waals surface area contributed by atoms with Crippen LogP contribution in [0.25, 0.3) is 0 Å². The monoisotopic (exact) mass is 306 g/mol. The van der Waals surface area contributed by atoms with Gasteiger partial charge in [-0.1, -0.05) is 66.7 Å². The van der Waals surface area contributed by atoms with Crippen molar-refractivity contribution >= 4 is 0 Å². The summed E-state index contributed by atoms with van der Waals surface area (Å²) in [5.74, 6) is 1.90. The fourth-order valence-electron chi connectivity index (χ4n) is 2.73. The predicted octanol–water partition coefficient (Wildman–Crippen LogP) is 6.38. The summed E-state index contributed by atoms with van der Waals surface area (Å²) in [7, 11) is 0. The first-order chi connectivity index (χ1) is 10.5. The lowest BCUT2D eigenvalue weighted by molar-refractivity contribution is 0.297. The van der Waals surface area contributed by atoms with Crippen molar-refractivity contribution in [1.29, 1.82) is 0 Å². The second kappa shape index (κ2) is 9.76. The van der Waals surface area contributed by atoms with E-state index in [1.54, 1.807) is 0 Å². The molecule has 1 N–H and O–H groups in total. The van der Waals surface area contributed by atoms with Crippen LogP contribution >= 0.6 is 0 Å². The van der Waals surface area contributed by atoms with E-state index >= 15 is 0 Å². The van der Waals surface area contributed by atoms with Crippen molar-refractivity contribution in [3.63, 3.8) is 0 Å². The summed E-state index contributed by atoms with van der Waals surface area (Å²) >= 11 is 0. The van der Waals surface area contributed by atoms with Crippen LogP contribution in [-0.2, 0) is 0 Å². The first-order valence-electron chi connectivity index (χ1n) is 8.96. The number of rotatable bonds is 10. The molecule has 0 bridgehead atoms. The largest absolute Gasteiger partial charge is 0.508 e. The minimum Gasteiger partial charge on any atom is -0.508 e. The van der Waals surface area contributed by atoms with Crippen molar-refractivity contribution in [3.8, 4) is 11.5 Å². The number of hydrogen-bond donors (Lipinski definition) is 1. The van der Waals surface area contributed by atoms with E-state index in [1.807, 2.05) is 6.07 Å². The van der Waals surface area contributed by atoms with Gasteiger partial charge in [-0.05, 0) is 36.0 Å². The molecule has 1 aromatic carbocycles. The van der Waals surface area contributed by atoms with Crippen LogP contribution in [0.5, 0.6) is 11.5 Å². The molecule has 0 radical (unpaired) electrons. The fourth-order valence-corrected chi connectivity index (χ4v) is 2.73. The number of hydrogen-bond acceptors (Lipinski definition) is 2. The number of benzene rings is 1. The minimum atomic E-state index is 0.265. The van der Waals surface area contributed by atoms with Gasteiger partial charge in [-0.15, -0.1) is 0 Å². The van der Waals surface area contributed by atoms with Crippen molar-refractivity contribution in [2.24, 2.45) is 0 Å². The molecule has 126 valence electrons. The second-order valence-electron chi connectivity index (χ2n) is 6.88. The van der Waals surface area contributed by atoms with Crippen molar-refractivity contribution in [2.75, 3.05) is 6.61 Å². The van der Waals surface area contributed by atoms with Crippen molar-refractivity contribution in [2.45, 2.75) is 85.0 Å². The summed E-state index contributed by atoms with van der Waals surface area (Å²) in [6, 6.07) is 3.99. The van der Waals surface area contributed by atoms with Gasteiger partial charge in [-0.2, -0.15) is 0 Å². The second-order valence-corrected chi connectivity index (χ2v) is 6.88. The van der Waals surface area contributed by atoms with Gasteiger partial charge in [-0.3, -0.25) is 0 Å². The molecule has 0 saturated heterocycles. The Bertz CT molecular complexity index is 436. The number of ether oxygens (including phenoxy) is 1. The Hall–Kier alpha value is -1.18.